The summed E-state index contributed by atoms with van der Waals surface area (Å²) in [5.74, 6) is 0.938. The number of hydrogen-bond donors (Lipinski definition) is 1. The maximum absolute atomic E-state index is 6.20. The lowest BCUT2D eigenvalue weighted by Crippen LogP contribution is -2.16. The molecule has 0 heterocycles. The molecule has 0 fully saturated rings. The second-order valence-electron chi connectivity index (χ2n) is 4.82. The van der Waals surface area contributed by atoms with Crippen molar-refractivity contribution in [2.75, 3.05) is 13.6 Å². The second-order valence-corrected chi connectivity index (χ2v) is 5.98. The molecule has 0 radical (unpaired) electrons. The van der Waals surface area contributed by atoms with E-state index in [0.717, 1.165) is 18.7 Å². The molecule has 0 amide bonds. The largest absolute Gasteiger partial charge is 0.486 e. The monoisotopic (exact) mass is 417 g/mol. The lowest BCUT2D eigenvalue weighted by atomic mass is 10.1. The number of rotatable bonds is 6. The van der Waals surface area contributed by atoms with Gasteiger partial charge in [-0.15, -0.1) is 12.4 Å². The van der Waals surface area contributed by atoms with Gasteiger partial charge in [0.2, 0.25) is 0 Å². The molecule has 0 saturated carbocycles. The van der Waals surface area contributed by atoms with E-state index in [1.807, 2.05) is 19.2 Å². The zero-order valence-electron chi connectivity index (χ0n) is 12.3. The average Bonchev–Trinajstić information content (AvgIpc) is 2.48. The third kappa shape index (κ3) is 5.49. The van der Waals surface area contributed by atoms with Gasteiger partial charge >= 0.3 is 0 Å². The Morgan fingerprint density at radius 2 is 1.86 bits per heavy atom. The molecular weight excluding hydrogens is 397 g/mol. The van der Waals surface area contributed by atoms with Gasteiger partial charge in [0.1, 0.15) is 11.9 Å². The van der Waals surface area contributed by atoms with E-state index in [4.69, 9.17) is 4.74 Å². The fourth-order valence-corrected chi connectivity index (χ4v) is 2.43. The Morgan fingerprint density at radius 1 is 1.14 bits per heavy atom. The van der Waals surface area contributed by atoms with Crippen LogP contribution in [0.4, 0.5) is 0 Å². The molecule has 0 bridgehead atoms. The fraction of sp³-hybridized carbons (Fsp3) is 0.294. The molecular formula is C17H21ClINO. The first-order chi connectivity index (χ1) is 9.70. The molecule has 114 valence electrons. The van der Waals surface area contributed by atoms with Crippen molar-refractivity contribution in [2.45, 2.75) is 19.4 Å². The minimum Gasteiger partial charge on any atom is -0.486 e. The first-order valence-corrected chi connectivity index (χ1v) is 7.91. The molecule has 2 nitrogen and oxygen atoms in total. The molecule has 1 N–H and O–H groups in total. The maximum Gasteiger partial charge on any atom is 0.125 e. The smallest absolute Gasteiger partial charge is 0.125 e. The van der Waals surface area contributed by atoms with Crippen LogP contribution in [0.5, 0.6) is 5.75 Å². The predicted octanol–water partition coefficient (Wildman–Crippen LogP) is 4.75. The second kappa shape index (κ2) is 9.28. The first-order valence-electron chi connectivity index (χ1n) is 6.83. The van der Waals surface area contributed by atoms with E-state index in [9.17, 15) is 0 Å². The van der Waals surface area contributed by atoms with Crippen LogP contribution in [0.2, 0.25) is 0 Å². The summed E-state index contributed by atoms with van der Waals surface area (Å²) in [6, 6.07) is 16.7. The zero-order valence-corrected chi connectivity index (χ0v) is 15.3. The number of nitrogens with one attached hydrogen (secondary N) is 1. The number of aryl methyl sites for hydroxylation is 1. The highest BCUT2D eigenvalue weighted by atomic mass is 127. The number of benzene rings is 2. The Bertz CT molecular complexity index is 548. The topological polar surface area (TPSA) is 21.3 Å². The molecule has 0 spiro atoms. The maximum atomic E-state index is 6.20. The van der Waals surface area contributed by atoms with Crippen LogP contribution in [-0.4, -0.2) is 13.6 Å². The minimum atomic E-state index is 0. The molecule has 21 heavy (non-hydrogen) atoms. The highest BCUT2D eigenvalue weighted by molar-refractivity contribution is 14.1. The number of hydrogen-bond acceptors (Lipinski definition) is 2. The molecule has 4 heteroatoms. The van der Waals surface area contributed by atoms with E-state index in [1.54, 1.807) is 0 Å². The predicted molar refractivity (Wildman–Crippen MR) is 99.5 cm³/mol. The van der Waals surface area contributed by atoms with E-state index in [1.165, 1.54) is 14.7 Å². The van der Waals surface area contributed by atoms with Crippen LogP contribution in [0.15, 0.2) is 48.5 Å². The average molecular weight is 418 g/mol. The van der Waals surface area contributed by atoms with Gasteiger partial charge in [-0.05, 0) is 72.4 Å². The van der Waals surface area contributed by atoms with Gasteiger partial charge in [0.25, 0.3) is 0 Å². The van der Waals surface area contributed by atoms with Gasteiger partial charge in [0.05, 0.1) is 0 Å². The van der Waals surface area contributed by atoms with Crippen LogP contribution in [-0.2, 0) is 0 Å². The normalized spacial score (nSPS) is 11.6. The van der Waals surface area contributed by atoms with Gasteiger partial charge in [-0.2, -0.15) is 0 Å². The molecule has 0 aromatic heterocycles. The SMILES string of the molecule is CNCC[C@@H](Oc1ccc(I)c(C)c1)c1ccccc1.Cl. The first kappa shape index (κ1) is 18.3. The van der Waals surface area contributed by atoms with Crippen molar-refractivity contribution in [1.29, 1.82) is 0 Å². The Morgan fingerprint density at radius 3 is 2.48 bits per heavy atom. The van der Waals surface area contributed by atoms with Crippen LogP contribution < -0.4 is 10.1 Å². The van der Waals surface area contributed by atoms with Crippen LogP contribution in [0.25, 0.3) is 0 Å². The van der Waals surface area contributed by atoms with Crippen molar-refractivity contribution in [3.63, 3.8) is 0 Å². The lowest BCUT2D eigenvalue weighted by Gasteiger charge is -2.20. The fourth-order valence-electron chi connectivity index (χ4n) is 2.09. The summed E-state index contributed by atoms with van der Waals surface area (Å²) in [7, 11) is 1.97. The highest BCUT2D eigenvalue weighted by Gasteiger charge is 2.13. The molecule has 1 atom stereocenters. The van der Waals surface area contributed by atoms with E-state index in [0.29, 0.717) is 0 Å². The van der Waals surface area contributed by atoms with E-state index in [2.05, 4.69) is 71.2 Å². The Balaban J connectivity index is 0.00000220. The van der Waals surface area contributed by atoms with Crippen molar-refractivity contribution in [3.8, 4) is 5.75 Å². The molecule has 2 aromatic rings. The number of ether oxygens (including phenoxy) is 1. The Hall–Kier alpha value is -0.780. The van der Waals surface area contributed by atoms with E-state index < -0.39 is 0 Å². The summed E-state index contributed by atoms with van der Waals surface area (Å²) >= 11 is 2.34. The van der Waals surface area contributed by atoms with Gasteiger partial charge in [-0.3, -0.25) is 0 Å². The van der Waals surface area contributed by atoms with E-state index in [-0.39, 0.29) is 18.5 Å². The molecule has 0 aliphatic carbocycles. The third-order valence-corrected chi connectivity index (χ3v) is 4.45. The summed E-state index contributed by atoms with van der Waals surface area (Å²) in [6.07, 6.45) is 1.04. The van der Waals surface area contributed by atoms with Gasteiger partial charge in [-0.1, -0.05) is 30.3 Å². The summed E-state index contributed by atoms with van der Waals surface area (Å²) in [6.45, 7) is 3.04. The Kier molecular flexibility index (Phi) is 8.07. The quantitative estimate of drug-likeness (QED) is 0.685. The summed E-state index contributed by atoms with van der Waals surface area (Å²) in [4.78, 5) is 0. The van der Waals surface area contributed by atoms with Crippen LogP contribution in [0.1, 0.15) is 23.7 Å². The third-order valence-electron chi connectivity index (χ3n) is 3.24. The van der Waals surface area contributed by atoms with Crippen molar-refractivity contribution in [1.82, 2.24) is 5.32 Å². The van der Waals surface area contributed by atoms with Gasteiger partial charge in [0.15, 0.2) is 0 Å². The van der Waals surface area contributed by atoms with Crippen molar-refractivity contribution < 1.29 is 4.74 Å². The molecule has 2 aromatic carbocycles. The highest BCUT2D eigenvalue weighted by Crippen LogP contribution is 2.26. The molecule has 0 unspecified atom stereocenters. The summed E-state index contributed by atoms with van der Waals surface area (Å²) < 4.78 is 7.46. The Labute approximate surface area is 146 Å². The number of halogens is 2. The van der Waals surface area contributed by atoms with E-state index >= 15 is 0 Å². The van der Waals surface area contributed by atoms with Crippen molar-refractivity contribution in [2.24, 2.45) is 0 Å². The standard InChI is InChI=1S/C17H20INO.ClH/c1-13-12-15(8-9-16(13)18)20-17(10-11-19-2)14-6-4-3-5-7-14;/h3-9,12,17,19H,10-11H2,1-2H3;1H/t17-;/m1./s1. The van der Waals surface area contributed by atoms with Gasteiger partial charge < -0.3 is 10.1 Å². The van der Waals surface area contributed by atoms with Crippen molar-refractivity contribution >= 4 is 35.0 Å². The lowest BCUT2D eigenvalue weighted by molar-refractivity contribution is 0.195. The molecule has 0 aliphatic rings. The zero-order chi connectivity index (χ0) is 14.4. The van der Waals surface area contributed by atoms with Crippen LogP contribution in [0, 0.1) is 10.5 Å². The van der Waals surface area contributed by atoms with Crippen LogP contribution in [0.3, 0.4) is 0 Å². The molecule has 0 aliphatic heterocycles. The van der Waals surface area contributed by atoms with Crippen molar-refractivity contribution in [3.05, 3.63) is 63.2 Å². The van der Waals surface area contributed by atoms with Gasteiger partial charge in [0, 0.05) is 9.99 Å². The summed E-state index contributed by atoms with van der Waals surface area (Å²) in [5, 5.41) is 3.19. The molecule has 2 rings (SSSR count). The van der Waals surface area contributed by atoms with Gasteiger partial charge in [-0.25, -0.2) is 0 Å². The minimum absolute atomic E-state index is 0. The molecule has 0 saturated heterocycles. The van der Waals surface area contributed by atoms with Crippen LogP contribution >= 0.6 is 35.0 Å². The summed E-state index contributed by atoms with van der Waals surface area (Å²) in [5.41, 5.74) is 2.47.